The van der Waals surface area contributed by atoms with Gasteiger partial charge in [0.15, 0.2) is 11.6 Å². The van der Waals surface area contributed by atoms with Crippen LogP contribution in [-0.2, 0) is 41.9 Å². The second-order valence-corrected chi connectivity index (χ2v) is 16.5. The third kappa shape index (κ3) is 8.98. The molecule has 13 heteroatoms. The first-order chi connectivity index (χ1) is 29.3. The highest BCUT2D eigenvalue weighted by molar-refractivity contribution is 7.17. The van der Waals surface area contributed by atoms with Crippen molar-refractivity contribution in [3.8, 4) is 0 Å². The van der Waals surface area contributed by atoms with Gasteiger partial charge in [0.1, 0.15) is 23.9 Å². The highest BCUT2D eigenvalue weighted by Gasteiger charge is 2.38. The van der Waals surface area contributed by atoms with E-state index < -0.39 is 23.8 Å². The van der Waals surface area contributed by atoms with Crippen LogP contribution in [0.1, 0.15) is 75.6 Å². The van der Waals surface area contributed by atoms with Crippen molar-refractivity contribution < 1.29 is 33.0 Å². The van der Waals surface area contributed by atoms with Crippen LogP contribution in [0.25, 0.3) is 20.3 Å². The van der Waals surface area contributed by atoms with Gasteiger partial charge in [-0.1, -0.05) is 42.5 Å². The van der Waals surface area contributed by atoms with E-state index in [4.69, 9.17) is 9.47 Å². The van der Waals surface area contributed by atoms with Crippen molar-refractivity contribution in [2.45, 2.75) is 66.6 Å². The maximum Gasteiger partial charge on any atom is 0.337 e. The molecule has 0 saturated heterocycles. The Hall–Kier alpha value is -6.57. The second-order valence-electron chi connectivity index (χ2n) is 14.8. The number of Topliss-reactive ketones (excluding diaryl/α,β-unsaturated/α-hetero) is 2. The summed E-state index contributed by atoms with van der Waals surface area (Å²) in [7, 11) is 0. The monoisotopic (exact) mass is 854 g/mol. The number of dihydropyridines is 2. The lowest BCUT2D eigenvalue weighted by atomic mass is 9.79. The summed E-state index contributed by atoms with van der Waals surface area (Å²) in [6.07, 6.45) is 5.06. The number of benzene rings is 2. The number of rotatable bonds is 10. The Morgan fingerprint density at radius 1 is 0.623 bits per heavy atom. The maximum atomic E-state index is 13.2. The lowest BCUT2D eigenvalue weighted by Gasteiger charge is -2.30. The van der Waals surface area contributed by atoms with Gasteiger partial charge in [-0.15, -0.1) is 22.7 Å². The van der Waals surface area contributed by atoms with E-state index in [-0.39, 0.29) is 30.6 Å². The third-order valence-corrected chi connectivity index (χ3v) is 12.5. The summed E-state index contributed by atoms with van der Waals surface area (Å²) in [5.74, 6) is -2.52. The highest BCUT2D eigenvalue weighted by Crippen LogP contribution is 2.45. The lowest BCUT2D eigenvalue weighted by molar-refractivity contribution is -0.141. The van der Waals surface area contributed by atoms with Crippen LogP contribution in [0, 0.1) is 5.82 Å². The zero-order chi connectivity index (χ0) is 43.4. The minimum atomic E-state index is -0.558. The van der Waals surface area contributed by atoms with Crippen LogP contribution in [0.5, 0.6) is 0 Å². The zero-order valence-corrected chi connectivity index (χ0v) is 36.1. The summed E-state index contributed by atoms with van der Waals surface area (Å²) < 4.78 is 25.5. The number of thiophene rings is 2. The molecule has 310 valence electrons. The van der Waals surface area contributed by atoms with Gasteiger partial charge in [-0.2, -0.15) is 0 Å². The van der Waals surface area contributed by atoms with Gasteiger partial charge in [-0.3, -0.25) is 14.6 Å². The van der Waals surface area contributed by atoms with Crippen LogP contribution in [0.4, 0.5) is 4.39 Å². The van der Waals surface area contributed by atoms with Crippen LogP contribution >= 0.6 is 22.7 Å². The fourth-order valence-corrected chi connectivity index (χ4v) is 9.86. The number of ether oxygens (including phenoxy) is 2. The Morgan fingerprint density at radius 3 is 1.74 bits per heavy atom. The first-order valence-electron chi connectivity index (χ1n) is 19.5. The highest BCUT2D eigenvalue weighted by atomic mass is 32.1. The standard InChI is InChI=1S/C24H21FN2O3S.C24H22N2O3S/c1-13-20(15(3)28)22(19-12-31-23-18(19)5-4-10-26-23)21(14(2)27-13)24(29)30-11-16-6-8-17(25)9-7-16;1-14-21(16(3)27)23(19-13-30-20-9-5-4-8-18(19)20)22(15(2)26-14)24(28)29-12-17-7-6-10-25-11-17/h4-10,12,22,27H,11H2,1-3H3;4-11,13,23,26H,12H2,1-3H3. The molecule has 6 heterocycles. The predicted octanol–water partition coefficient (Wildman–Crippen LogP) is 9.87. The molecule has 8 rings (SSSR count). The van der Waals surface area contributed by atoms with Gasteiger partial charge in [0.05, 0.1) is 11.1 Å². The van der Waals surface area contributed by atoms with Gasteiger partial charge in [-0.05, 0) is 105 Å². The summed E-state index contributed by atoms with van der Waals surface area (Å²) in [5.41, 5.74) is 8.11. The Bertz CT molecular complexity index is 2820. The number of hydrogen-bond donors (Lipinski definition) is 2. The largest absolute Gasteiger partial charge is 0.457 e. The molecule has 0 aliphatic carbocycles. The topological polar surface area (TPSA) is 137 Å². The fourth-order valence-electron chi connectivity index (χ4n) is 7.94. The van der Waals surface area contributed by atoms with Gasteiger partial charge in [-0.25, -0.2) is 19.0 Å². The number of nitrogens with one attached hydrogen (secondary N) is 2. The molecule has 0 amide bonds. The van der Waals surface area contributed by atoms with Crippen LogP contribution in [-0.4, -0.2) is 33.5 Å². The summed E-state index contributed by atoms with van der Waals surface area (Å²) in [4.78, 5) is 61.0. The molecule has 0 saturated carbocycles. The molecule has 61 heavy (non-hydrogen) atoms. The molecule has 0 spiro atoms. The smallest absolute Gasteiger partial charge is 0.337 e. The van der Waals surface area contributed by atoms with Crippen molar-refractivity contribution in [1.82, 2.24) is 20.6 Å². The average molecular weight is 855 g/mol. The zero-order valence-electron chi connectivity index (χ0n) is 34.4. The predicted molar refractivity (Wildman–Crippen MR) is 236 cm³/mol. The summed E-state index contributed by atoms with van der Waals surface area (Å²) in [5, 5.41) is 12.3. The van der Waals surface area contributed by atoms with Crippen molar-refractivity contribution in [2.75, 3.05) is 0 Å². The van der Waals surface area contributed by atoms with Crippen molar-refractivity contribution in [3.05, 3.63) is 175 Å². The molecule has 2 aliphatic heterocycles. The van der Waals surface area contributed by atoms with Crippen LogP contribution in [0.15, 0.2) is 147 Å². The molecular weight excluding hydrogens is 812 g/mol. The normalized spacial score (nSPS) is 16.5. The van der Waals surface area contributed by atoms with E-state index in [0.29, 0.717) is 44.9 Å². The molecule has 0 bridgehead atoms. The van der Waals surface area contributed by atoms with Gasteiger partial charge >= 0.3 is 11.9 Å². The molecule has 2 N–H and O–H groups in total. The average Bonchev–Trinajstić information content (AvgIpc) is 3.87. The van der Waals surface area contributed by atoms with Crippen molar-refractivity contribution >= 4 is 66.5 Å². The van der Waals surface area contributed by atoms with Crippen LogP contribution in [0.3, 0.4) is 0 Å². The molecule has 2 aromatic carbocycles. The van der Waals surface area contributed by atoms with Crippen LogP contribution < -0.4 is 10.6 Å². The Balaban J connectivity index is 0.000000184. The maximum absolute atomic E-state index is 13.2. The number of allylic oxidation sites excluding steroid dienone is 6. The number of pyridine rings is 2. The Morgan fingerprint density at radius 2 is 1.15 bits per heavy atom. The number of nitrogens with zero attached hydrogens (tertiary/aromatic N) is 2. The molecule has 6 aromatic rings. The number of fused-ring (bicyclic) bond motifs is 2. The summed E-state index contributed by atoms with van der Waals surface area (Å²) in [6, 6.07) is 21.3. The number of hydrogen-bond acceptors (Lipinski definition) is 12. The van der Waals surface area contributed by atoms with E-state index in [1.54, 1.807) is 62.0 Å². The number of ketones is 2. The first kappa shape index (κ1) is 42.6. The molecular formula is C48H43FN4O6S2. The summed E-state index contributed by atoms with van der Waals surface area (Å²) in [6.45, 7) is 10.5. The van der Waals surface area contributed by atoms with E-state index in [2.05, 4.69) is 20.6 Å². The van der Waals surface area contributed by atoms with E-state index in [1.165, 1.54) is 30.4 Å². The quantitative estimate of drug-likeness (QED) is 0.128. The first-order valence-corrected chi connectivity index (χ1v) is 21.2. The molecule has 4 aromatic heterocycles. The number of carbonyl (C=O) groups is 4. The van der Waals surface area contributed by atoms with Crippen molar-refractivity contribution in [1.29, 1.82) is 0 Å². The van der Waals surface area contributed by atoms with Crippen molar-refractivity contribution in [3.63, 3.8) is 0 Å². The fraction of sp³-hybridized carbons (Fsp3) is 0.208. The van der Waals surface area contributed by atoms with Crippen LogP contribution in [0.2, 0.25) is 0 Å². The van der Waals surface area contributed by atoms with Gasteiger partial charge < -0.3 is 20.1 Å². The van der Waals surface area contributed by atoms with Gasteiger partial charge in [0.25, 0.3) is 0 Å². The Labute approximate surface area is 360 Å². The minimum Gasteiger partial charge on any atom is -0.457 e. The van der Waals surface area contributed by atoms with E-state index in [9.17, 15) is 23.6 Å². The number of aromatic nitrogens is 2. The number of esters is 2. The number of carbonyl (C=O) groups excluding carboxylic acids is 4. The van der Waals surface area contributed by atoms with E-state index in [0.717, 1.165) is 42.7 Å². The lowest BCUT2D eigenvalue weighted by Crippen LogP contribution is -2.31. The molecule has 0 fully saturated rings. The molecule has 2 aliphatic rings. The molecule has 2 atom stereocenters. The van der Waals surface area contributed by atoms with Crippen molar-refractivity contribution in [2.24, 2.45) is 0 Å². The minimum absolute atomic E-state index is 0.00660. The SMILES string of the molecule is CC(=O)C1=C(C)NC(C)=C(C(=O)OCc2ccc(F)cc2)C1c1csc2ncccc12.CC(=O)C1=C(C)NC(C)=C(C(=O)OCc2cccnc2)C1c1csc2ccccc12. The summed E-state index contributed by atoms with van der Waals surface area (Å²) >= 11 is 3.08. The van der Waals surface area contributed by atoms with Gasteiger partial charge in [0.2, 0.25) is 0 Å². The van der Waals surface area contributed by atoms with Gasteiger partial charge in [0, 0.05) is 80.0 Å². The Kier molecular flexibility index (Phi) is 12.8. The third-order valence-electron chi connectivity index (χ3n) is 10.6. The van der Waals surface area contributed by atoms with E-state index in [1.807, 2.05) is 74.0 Å². The second kappa shape index (κ2) is 18.4. The number of halogens is 1. The molecule has 2 unspecified atom stereocenters. The van der Waals surface area contributed by atoms with E-state index >= 15 is 0 Å². The molecule has 10 nitrogen and oxygen atoms in total. The molecule has 0 radical (unpaired) electrons.